The normalized spacial score (nSPS) is 16.7. The van der Waals surface area contributed by atoms with E-state index in [0.29, 0.717) is 0 Å². The van der Waals surface area contributed by atoms with E-state index in [4.69, 9.17) is 80.2 Å². The molecule has 0 aliphatic heterocycles. The first-order valence-corrected chi connectivity index (χ1v) is 25.9. The van der Waals surface area contributed by atoms with Crippen LogP contribution in [0.3, 0.4) is 0 Å². The zero-order valence-electron chi connectivity index (χ0n) is 38.2. The van der Waals surface area contributed by atoms with Crippen LogP contribution in [-0.2, 0) is 109 Å². The first-order chi connectivity index (χ1) is 29.4. The third-order valence-corrected chi connectivity index (χ3v) is 23.2. The molecule has 0 rings (SSSR count). The molecule has 358 valence electrons. The largest absolute Gasteiger partial charge is 0.419 e. The Hall–Kier alpha value is -1.98. The predicted molar refractivity (Wildman–Crippen MR) is 219 cm³/mol. The summed E-state index contributed by atoms with van der Waals surface area (Å²) in [7, 11) is 13.4. The van der Waals surface area contributed by atoms with Gasteiger partial charge in [-0.25, -0.2) is 9.59 Å². The summed E-state index contributed by atoms with van der Waals surface area (Å²) >= 11 is 0. The molecule has 0 aliphatic carbocycles. The lowest BCUT2D eigenvalue weighted by Gasteiger charge is -2.59. The Morgan fingerprint density at radius 3 is 1.19 bits per heavy atom. The highest BCUT2D eigenvalue weighted by molar-refractivity contribution is 7.30. The molecule has 24 nitrogen and oxygen atoms in total. The highest BCUT2D eigenvalue weighted by atomic mass is 29.2. The van der Waals surface area contributed by atoms with Crippen LogP contribution < -0.4 is 0 Å². The van der Waals surface area contributed by atoms with Crippen molar-refractivity contribution >= 4 is 103 Å². The Morgan fingerprint density at radius 2 is 0.906 bits per heavy atom. The molecule has 31 heteroatoms. The average Bonchev–Trinajstić information content (AvgIpc) is 3.17. The Labute approximate surface area is 390 Å². The van der Waals surface area contributed by atoms with Crippen molar-refractivity contribution in [3.8, 4) is 0 Å². The van der Waals surface area contributed by atoms with Gasteiger partial charge in [0.05, 0.1) is 6.61 Å². The van der Waals surface area contributed by atoms with Crippen molar-refractivity contribution in [2.75, 3.05) is 69.1 Å². The van der Waals surface area contributed by atoms with Crippen molar-refractivity contribution in [3.05, 3.63) is 0 Å². The Kier molecular flexibility index (Phi) is 24.1. The van der Waals surface area contributed by atoms with Crippen molar-refractivity contribution in [3.63, 3.8) is 0 Å². The number of hydrogen-bond donors (Lipinski definition) is 1. The minimum Gasteiger partial charge on any atom is -0.414 e. The number of esters is 6. The lowest BCUT2D eigenvalue weighted by Crippen LogP contribution is -2.88. The molecule has 1 N–H and O–H groups in total. The second-order valence-corrected chi connectivity index (χ2v) is 26.2. The Morgan fingerprint density at radius 1 is 0.547 bits per heavy atom. The van der Waals surface area contributed by atoms with Gasteiger partial charge in [-0.05, 0) is 34.2 Å². The first kappa shape index (κ1) is 62.0. The molecule has 0 heterocycles. The van der Waals surface area contributed by atoms with Gasteiger partial charge in [0.1, 0.15) is 10.2 Å². The molecular formula is C33H54O24Si7. The lowest BCUT2D eigenvalue weighted by molar-refractivity contribution is -0.566. The van der Waals surface area contributed by atoms with Crippen LogP contribution >= 0.6 is 0 Å². The van der Waals surface area contributed by atoms with Crippen molar-refractivity contribution in [1.82, 2.24) is 0 Å². The van der Waals surface area contributed by atoms with E-state index in [2.05, 4.69) is 50.7 Å². The van der Waals surface area contributed by atoms with Crippen molar-refractivity contribution in [2.24, 2.45) is 0 Å². The van der Waals surface area contributed by atoms with Crippen LogP contribution in [0.15, 0.2) is 0 Å². The van der Waals surface area contributed by atoms with Gasteiger partial charge in [-0.3, -0.25) is 23.9 Å². The molecule has 0 amide bonds. The third kappa shape index (κ3) is 12.4. The summed E-state index contributed by atoms with van der Waals surface area (Å²) < 4.78 is 94.4. The van der Waals surface area contributed by atoms with E-state index in [0.717, 1.165) is 63.2 Å². The molecule has 0 saturated heterocycles. The monoisotopic (exact) mass is 1030 g/mol. The maximum absolute atomic E-state index is 16.0. The second kappa shape index (κ2) is 24.9. The zero-order chi connectivity index (χ0) is 50.4. The van der Waals surface area contributed by atoms with Crippen LogP contribution in [0, 0.1) is 0 Å². The molecule has 0 spiro atoms. The maximum Gasteiger partial charge on any atom is 0.419 e. The molecule has 0 bridgehead atoms. The standard InChI is InChI=1S/C33H54O24Si7/c1-16-47-29(48-17-2,49-18-3)28(40,58)56-27(25(39)51-24(38)26(41-9,42-10)63(15)46-14,57-31(50-19-4,52-20(5)34)30(43-11,44-12)45-13)64(62,33(59,60)61)32(53-21(6)35,54-22(7)36)55-23(8)37/h40H,16-19H2,1-15H3. The summed E-state index contributed by atoms with van der Waals surface area (Å²) in [5.41, 5.74) is -14.2. The minimum absolute atomic E-state index is 0.376. The number of ether oxygens (including phenoxy) is 16. The average molecular weight is 1030 g/mol. The molecule has 0 aliphatic rings. The van der Waals surface area contributed by atoms with Crippen molar-refractivity contribution in [2.45, 2.75) is 106 Å². The molecule has 4 unspecified atom stereocenters. The highest BCUT2D eigenvalue weighted by Gasteiger charge is 2.85. The van der Waals surface area contributed by atoms with Gasteiger partial charge in [0, 0.05) is 131 Å². The van der Waals surface area contributed by atoms with Gasteiger partial charge < -0.3 is 80.6 Å². The van der Waals surface area contributed by atoms with Crippen LogP contribution in [0.2, 0.25) is 10.5 Å². The number of carbonyl (C=O) groups excluding carboxylic acids is 6. The molecule has 0 fully saturated rings. The van der Waals surface area contributed by atoms with Gasteiger partial charge in [0.2, 0.25) is 5.41 Å². The van der Waals surface area contributed by atoms with Gasteiger partial charge in [0.25, 0.3) is 27.5 Å². The van der Waals surface area contributed by atoms with Gasteiger partial charge in [0.15, 0.2) is 0 Å². The fourth-order valence-corrected chi connectivity index (χ4v) is 14.5. The van der Waals surface area contributed by atoms with E-state index < -0.39 is 103 Å². The fourth-order valence-electron chi connectivity index (χ4n) is 5.73. The molecular weight excluding hydrogens is 977 g/mol. The zero-order valence-corrected chi connectivity index (χ0v) is 45.2. The van der Waals surface area contributed by atoms with E-state index in [-0.39, 0.29) is 19.8 Å². The van der Waals surface area contributed by atoms with Crippen LogP contribution in [0.5, 0.6) is 0 Å². The topological polar surface area (TPSA) is 280 Å². The van der Waals surface area contributed by atoms with Gasteiger partial charge in [-0.2, -0.15) is 0 Å². The molecule has 0 aromatic heterocycles. The third-order valence-electron chi connectivity index (χ3n) is 8.20. The summed E-state index contributed by atoms with van der Waals surface area (Å²) in [4.78, 5) is 83.8. The summed E-state index contributed by atoms with van der Waals surface area (Å²) in [5.74, 6) is -19.3. The Balaban J connectivity index is 10.5. The number of aliphatic hydroxyl groups is 1. The smallest absolute Gasteiger partial charge is 0.414 e. The van der Waals surface area contributed by atoms with E-state index in [1.165, 1.54) is 41.4 Å². The molecule has 64 heavy (non-hydrogen) atoms. The van der Waals surface area contributed by atoms with Crippen LogP contribution in [0.1, 0.15) is 55.4 Å². The fraction of sp³-hybridized carbons (Fsp3) is 0.818. The lowest BCUT2D eigenvalue weighted by atomic mass is 10.4. The summed E-state index contributed by atoms with van der Waals surface area (Å²) in [5, 5.41) is 12.8. The SMILES string of the molecule is CCOC(OCC)(OCC)C(O)([Si])OC(OC(OCC)(OC(C)=O)C(OC)(OC)OC)(C(=O)OC(=O)C(OC)(OC)[Si](C)OC)[Si]([Si])(C([Si])([Si])[Si])C(OC(C)=O)(OC(C)=O)OC(C)=O. The second-order valence-electron chi connectivity index (χ2n) is 12.4. The van der Waals surface area contributed by atoms with Crippen molar-refractivity contribution < 1.29 is 114 Å². The number of carbonyl (C=O) groups is 6. The van der Waals surface area contributed by atoms with E-state index in [9.17, 15) is 29.1 Å². The quantitative estimate of drug-likeness (QED) is 0.0259. The van der Waals surface area contributed by atoms with Crippen LogP contribution in [0.4, 0.5) is 0 Å². The van der Waals surface area contributed by atoms with Crippen LogP contribution in [0.25, 0.3) is 0 Å². The number of hydrogen-bond acceptors (Lipinski definition) is 24. The molecule has 4 atom stereocenters. The molecule has 0 saturated carbocycles. The molecule has 0 aromatic rings. The molecule has 16 radical (unpaired) electrons. The van der Waals surface area contributed by atoms with Crippen LogP contribution in [-0.4, -0.2) is 217 Å². The maximum atomic E-state index is 16.0. The summed E-state index contributed by atoms with van der Waals surface area (Å²) in [6.45, 7) is 8.19. The minimum atomic E-state index is -6.26. The Bertz CT molecular complexity index is 1530. The number of methoxy groups -OCH3 is 5. The summed E-state index contributed by atoms with van der Waals surface area (Å²) in [6.07, 6.45) is 0. The van der Waals surface area contributed by atoms with Gasteiger partial charge in [-0.1, -0.05) is 3.91 Å². The van der Waals surface area contributed by atoms with Crippen molar-refractivity contribution in [1.29, 1.82) is 0 Å². The number of rotatable bonds is 30. The van der Waals surface area contributed by atoms with E-state index in [1.54, 1.807) is 0 Å². The van der Waals surface area contributed by atoms with Gasteiger partial charge in [-0.15, -0.1) is 0 Å². The van der Waals surface area contributed by atoms with E-state index in [1.807, 2.05) is 0 Å². The predicted octanol–water partition coefficient (Wildman–Crippen LogP) is -2.34. The highest BCUT2D eigenvalue weighted by Crippen LogP contribution is 2.53. The summed E-state index contributed by atoms with van der Waals surface area (Å²) in [6, 6.07) is 0. The van der Waals surface area contributed by atoms with Gasteiger partial charge >= 0.3 is 59.3 Å². The first-order valence-electron chi connectivity index (χ1n) is 18.5. The molecule has 0 aromatic carbocycles. The van der Waals surface area contributed by atoms with E-state index >= 15 is 4.79 Å².